The minimum atomic E-state index is -0.0712. The van der Waals surface area contributed by atoms with Gasteiger partial charge in [-0.2, -0.15) is 0 Å². The zero-order valence-corrected chi connectivity index (χ0v) is 16.2. The molecule has 0 aliphatic carbocycles. The van der Waals surface area contributed by atoms with Gasteiger partial charge < -0.3 is 19.3 Å². The van der Waals surface area contributed by atoms with Gasteiger partial charge in [-0.3, -0.25) is 9.59 Å². The first-order chi connectivity index (χ1) is 13.7. The molecule has 0 atom stereocenters. The van der Waals surface area contributed by atoms with Gasteiger partial charge in [-0.25, -0.2) is 0 Å². The molecule has 0 saturated carbocycles. The number of carbonyl (C=O) groups excluding carboxylic acids is 2. The Kier molecular flexibility index (Phi) is 6.89. The molecule has 0 spiro atoms. The first-order valence-corrected chi connectivity index (χ1v) is 9.65. The molecule has 3 rings (SSSR count). The molecule has 2 aromatic carbocycles. The standard InChI is InChI=1S/C22H26N2O4/c1-2-16-27-19-8-10-20(11-9-19)28-17-21(25)23-12-14-24(15-13-23)22(26)18-6-4-3-5-7-18/h3-11H,2,12-17H2,1H3. The summed E-state index contributed by atoms with van der Waals surface area (Å²) in [5.41, 5.74) is 0.678. The Bertz CT molecular complexity index is 769. The SMILES string of the molecule is CCCOc1ccc(OCC(=O)N2CCN(C(=O)c3ccccc3)CC2)cc1. The number of carbonyl (C=O) groups is 2. The Balaban J connectivity index is 1.43. The summed E-state index contributed by atoms with van der Waals surface area (Å²) in [7, 11) is 0. The van der Waals surface area contributed by atoms with Gasteiger partial charge in [0.1, 0.15) is 11.5 Å². The third-order valence-corrected chi connectivity index (χ3v) is 4.60. The van der Waals surface area contributed by atoms with Crippen LogP contribution in [0.2, 0.25) is 0 Å². The monoisotopic (exact) mass is 382 g/mol. The molecule has 2 aromatic rings. The van der Waals surface area contributed by atoms with Crippen LogP contribution in [-0.2, 0) is 4.79 Å². The topological polar surface area (TPSA) is 59.1 Å². The summed E-state index contributed by atoms with van der Waals surface area (Å²) in [6.45, 7) is 4.82. The molecule has 6 nitrogen and oxygen atoms in total. The molecule has 1 fully saturated rings. The van der Waals surface area contributed by atoms with Crippen LogP contribution in [0.25, 0.3) is 0 Å². The maximum Gasteiger partial charge on any atom is 0.260 e. The van der Waals surface area contributed by atoms with Gasteiger partial charge in [-0.05, 0) is 42.8 Å². The van der Waals surface area contributed by atoms with Crippen molar-refractivity contribution >= 4 is 11.8 Å². The second-order valence-electron chi connectivity index (χ2n) is 6.65. The van der Waals surface area contributed by atoms with E-state index in [-0.39, 0.29) is 18.4 Å². The van der Waals surface area contributed by atoms with Gasteiger partial charge in [0.25, 0.3) is 11.8 Å². The zero-order chi connectivity index (χ0) is 19.8. The van der Waals surface area contributed by atoms with E-state index in [4.69, 9.17) is 9.47 Å². The highest BCUT2D eigenvalue weighted by molar-refractivity contribution is 5.94. The predicted molar refractivity (Wildman–Crippen MR) is 107 cm³/mol. The minimum Gasteiger partial charge on any atom is -0.494 e. The number of ether oxygens (including phenoxy) is 2. The minimum absolute atomic E-state index is 0.00864. The van der Waals surface area contributed by atoms with E-state index >= 15 is 0 Å². The third kappa shape index (κ3) is 5.25. The Hall–Kier alpha value is -3.02. The van der Waals surface area contributed by atoms with Crippen LogP contribution in [-0.4, -0.2) is 61.0 Å². The van der Waals surface area contributed by atoms with Gasteiger partial charge in [0.2, 0.25) is 0 Å². The molecule has 1 aliphatic heterocycles. The molecule has 0 unspecified atom stereocenters. The normalized spacial score (nSPS) is 13.9. The predicted octanol–water partition coefficient (Wildman–Crippen LogP) is 2.84. The Labute approximate surface area is 165 Å². The number of piperazine rings is 1. The van der Waals surface area contributed by atoms with Crippen LogP contribution in [0, 0.1) is 0 Å². The van der Waals surface area contributed by atoms with E-state index in [2.05, 4.69) is 6.92 Å². The lowest BCUT2D eigenvalue weighted by atomic mass is 10.2. The van der Waals surface area contributed by atoms with Crippen molar-refractivity contribution < 1.29 is 19.1 Å². The summed E-state index contributed by atoms with van der Waals surface area (Å²) in [5, 5.41) is 0. The van der Waals surface area contributed by atoms with Gasteiger partial charge >= 0.3 is 0 Å². The van der Waals surface area contributed by atoms with E-state index in [9.17, 15) is 9.59 Å². The molecule has 1 heterocycles. The summed E-state index contributed by atoms with van der Waals surface area (Å²) in [4.78, 5) is 28.4. The van der Waals surface area contributed by atoms with Crippen molar-refractivity contribution in [3.8, 4) is 11.5 Å². The molecular weight excluding hydrogens is 356 g/mol. The molecule has 6 heteroatoms. The fourth-order valence-electron chi connectivity index (χ4n) is 3.01. The van der Waals surface area contributed by atoms with Crippen LogP contribution >= 0.6 is 0 Å². The average molecular weight is 382 g/mol. The molecule has 0 N–H and O–H groups in total. The van der Waals surface area contributed by atoms with E-state index < -0.39 is 0 Å². The smallest absolute Gasteiger partial charge is 0.260 e. The van der Waals surface area contributed by atoms with Crippen LogP contribution in [0.3, 0.4) is 0 Å². The molecule has 28 heavy (non-hydrogen) atoms. The lowest BCUT2D eigenvalue weighted by molar-refractivity contribution is -0.134. The number of rotatable bonds is 7. The Morgan fingerprint density at radius 3 is 2.00 bits per heavy atom. The van der Waals surface area contributed by atoms with E-state index in [1.807, 2.05) is 42.5 Å². The molecule has 0 aromatic heterocycles. The van der Waals surface area contributed by atoms with Crippen molar-refractivity contribution in [2.45, 2.75) is 13.3 Å². The van der Waals surface area contributed by atoms with Gasteiger partial charge in [-0.15, -0.1) is 0 Å². The van der Waals surface area contributed by atoms with Crippen LogP contribution in [0.4, 0.5) is 0 Å². The van der Waals surface area contributed by atoms with Gasteiger partial charge in [0.05, 0.1) is 6.61 Å². The molecule has 0 bridgehead atoms. The molecule has 148 valence electrons. The highest BCUT2D eigenvalue weighted by Gasteiger charge is 2.24. The van der Waals surface area contributed by atoms with Crippen molar-refractivity contribution in [2.75, 3.05) is 39.4 Å². The first kappa shape index (κ1) is 19.7. The van der Waals surface area contributed by atoms with Crippen molar-refractivity contribution in [3.05, 3.63) is 60.2 Å². The summed E-state index contributed by atoms with van der Waals surface area (Å²) in [6.07, 6.45) is 0.955. The zero-order valence-electron chi connectivity index (χ0n) is 16.2. The summed E-state index contributed by atoms with van der Waals surface area (Å²) in [6, 6.07) is 16.5. The van der Waals surface area contributed by atoms with Crippen LogP contribution in [0.1, 0.15) is 23.7 Å². The number of hydrogen-bond acceptors (Lipinski definition) is 4. The van der Waals surface area contributed by atoms with Crippen LogP contribution in [0.5, 0.6) is 11.5 Å². The Morgan fingerprint density at radius 1 is 0.821 bits per heavy atom. The summed E-state index contributed by atoms with van der Waals surface area (Å²) >= 11 is 0. The highest BCUT2D eigenvalue weighted by atomic mass is 16.5. The maximum atomic E-state index is 12.5. The van der Waals surface area contributed by atoms with E-state index in [0.717, 1.165) is 12.2 Å². The molecular formula is C22H26N2O4. The number of amides is 2. The fourth-order valence-corrected chi connectivity index (χ4v) is 3.01. The highest BCUT2D eigenvalue weighted by Crippen LogP contribution is 2.18. The molecule has 1 saturated heterocycles. The largest absolute Gasteiger partial charge is 0.494 e. The van der Waals surface area contributed by atoms with E-state index in [1.54, 1.807) is 21.9 Å². The molecule has 0 radical (unpaired) electrons. The lowest BCUT2D eigenvalue weighted by Crippen LogP contribution is -2.51. The number of benzene rings is 2. The summed E-state index contributed by atoms with van der Waals surface area (Å²) in [5.74, 6) is 1.36. The maximum absolute atomic E-state index is 12.5. The van der Waals surface area contributed by atoms with Crippen molar-refractivity contribution in [1.29, 1.82) is 0 Å². The second kappa shape index (κ2) is 9.78. The van der Waals surface area contributed by atoms with Gasteiger partial charge in [0, 0.05) is 31.7 Å². The van der Waals surface area contributed by atoms with Crippen molar-refractivity contribution in [1.82, 2.24) is 9.80 Å². The average Bonchev–Trinajstić information content (AvgIpc) is 2.77. The molecule has 2 amide bonds. The second-order valence-corrected chi connectivity index (χ2v) is 6.65. The van der Waals surface area contributed by atoms with E-state index in [0.29, 0.717) is 44.1 Å². The van der Waals surface area contributed by atoms with Crippen molar-refractivity contribution in [3.63, 3.8) is 0 Å². The lowest BCUT2D eigenvalue weighted by Gasteiger charge is -2.34. The number of nitrogens with zero attached hydrogens (tertiary/aromatic N) is 2. The van der Waals surface area contributed by atoms with Gasteiger partial charge in [-0.1, -0.05) is 25.1 Å². The molecule has 1 aliphatic rings. The Morgan fingerprint density at radius 2 is 1.39 bits per heavy atom. The third-order valence-electron chi connectivity index (χ3n) is 4.60. The van der Waals surface area contributed by atoms with Crippen LogP contribution in [0.15, 0.2) is 54.6 Å². The summed E-state index contributed by atoms with van der Waals surface area (Å²) < 4.78 is 11.1. The number of hydrogen-bond donors (Lipinski definition) is 0. The quantitative estimate of drug-likeness (QED) is 0.739. The van der Waals surface area contributed by atoms with E-state index in [1.165, 1.54) is 0 Å². The van der Waals surface area contributed by atoms with Gasteiger partial charge in [0.15, 0.2) is 6.61 Å². The van der Waals surface area contributed by atoms with Crippen LogP contribution < -0.4 is 9.47 Å². The first-order valence-electron chi connectivity index (χ1n) is 9.65. The van der Waals surface area contributed by atoms with Crippen molar-refractivity contribution in [2.24, 2.45) is 0 Å². The fraction of sp³-hybridized carbons (Fsp3) is 0.364.